The van der Waals surface area contributed by atoms with Gasteiger partial charge >= 0.3 is 5.97 Å². The maximum Gasteiger partial charge on any atom is 0.317 e. The molecule has 0 bridgehead atoms. The van der Waals surface area contributed by atoms with E-state index in [1.807, 2.05) is 60.7 Å². The Balaban J connectivity index is 0.000000694. The van der Waals surface area contributed by atoms with Crippen LogP contribution in [0.3, 0.4) is 0 Å². The zero-order valence-corrected chi connectivity index (χ0v) is 33.0. The van der Waals surface area contributed by atoms with Crippen LogP contribution >= 0.6 is 7.92 Å². The number of carboxylic acid groups (broad SMARTS) is 1. The monoisotopic (exact) mass is 856 g/mol. The van der Waals surface area contributed by atoms with E-state index in [2.05, 4.69) is 55.6 Å². The van der Waals surface area contributed by atoms with Gasteiger partial charge in [0, 0.05) is 39.9 Å². The Labute approximate surface area is 334 Å². The van der Waals surface area contributed by atoms with E-state index < -0.39 is 57.7 Å². The van der Waals surface area contributed by atoms with Gasteiger partial charge < -0.3 is 47.0 Å². The minimum Gasteiger partial charge on any atom is -0.705 e. The topological polar surface area (TPSA) is 245 Å². The van der Waals surface area contributed by atoms with Crippen LogP contribution in [0.15, 0.2) is 108 Å². The number of hydrogen-bond donors (Lipinski definition) is 8. The Morgan fingerprint density at radius 1 is 0.818 bits per heavy atom. The molecule has 3 amide bonds. The Morgan fingerprint density at radius 3 is 1.91 bits per heavy atom. The molecule has 1 aromatic heterocycles. The molecule has 17 heteroatoms. The van der Waals surface area contributed by atoms with Gasteiger partial charge in [0.05, 0.1) is 51.0 Å². The largest absolute Gasteiger partial charge is 0.705 e. The smallest absolute Gasteiger partial charge is 0.317 e. The van der Waals surface area contributed by atoms with Crippen LogP contribution < -0.4 is 37.2 Å². The molecule has 1 atom stereocenters. The molecule has 8 N–H and O–H groups in total. The summed E-state index contributed by atoms with van der Waals surface area (Å²) in [7, 11) is 0.0977. The summed E-state index contributed by atoms with van der Waals surface area (Å²) in [6, 6.07) is 30.5. The van der Waals surface area contributed by atoms with E-state index in [-0.39, 0.29) is 43.3 Å². The van der Waals surface area contributed by atoms with Crippen molar-refractivity contribution in [2.75, 3.05) is 40.0 Å². The quantitative estimate of drug-likeness (QED) is 0.0379. The standard InChI is InChI=1S/C32H32N6O3P.C6H13NO5.Tc/c1-34-32(41)27(37-30(39)23-19-20-29(38-33)36-22-23)17-10-11-21-35-31(40)26-16-8-9-18-28(26)42(24-12-4-2-5-13-24)25-14-6-3-7-15-25;8-2-6(3-9,4-10)7-1-5(11)12;/h2-9,12-16,18-20,22,27H,10-11,17,21H2,1H3,(H,34,41)(H,35,40)(H,37,39);7-10H,1-4H2,(H,11,12);/q-1;;/p+1. The molecule has 15 nitrogen and oxygen atoms in total. The number of aliphatic carboxylic acids is 1. The number of amides is 3. The number of carbonyl (C=O) groups is 4. The van der Waals surface area contributed by atoms with Crippen LogP contribution in [0.5, 0.6) is 0 Å². The van der Waals surface area contributed by atoms with Crippen LogP contribution in [0.1, 0.15) is 40.0 Å². The third-order valence-electron chi connectivity index (χ3n) is 8.27. The normalized spacial score (nSPS) is 11.2. The molecule has 1 unspecified atom stereocenters. The fourth-order valence-electron chi connectivity index (χ4n) is 5.20. The number of nitrogens with one attached hydrogen (secondary N) is 4. The summed E-state index contributed by atoms with van der Waals surface area (Å²) >= 11 is 0. The number of likely N-dealkylation sites (N-methyl/N-ethyl adjacent to an activating group) is 1. The van der Waals surface area contributed by atoms with Crippen LogP contribution in [-0.2, 0) is 29.7 Å². The second-order valence-corrected chi connectivity index (χ2v) is 14.5. The Kier molecular flexibility index (Phi) is 20.7. The summed E-state index contributed by atoms with van der Waals surface area (Å²) in [5.41, 5.74) is 8.37. The molecular formula is C38H46N7O8PTc. The van der Waals surface area contributed by atoms with E-state index in [0.717, 1.165) is 5.30 Å². The number of nitrogens with zero attached hydrogens (tertiary/aromatic N) is 3. The van der Waals surface area contributed by atoms with Gasteiger partial charge in [-0.15, -0.1) is 0 Å². The zero-order valence-electron chi connectivity index (χ0n) is 30.2. The van der Waals surface area contributed by atoms with Crippen LogP contribution in [0.2, 0.25) is 0 Å². The summed E-state index contributed by atoms with van der Waals surface area (Å²) in [6.45, 7) is -1.55. The first-order valence-corrected chi connectivity index (χ1v) is 18.6. The number of carbonyl (C=O) groups excluding carboxylic acids is 3. The minimum atomic E-state index is -1.42. The number of unbranched alkanes of at least 4 members (excludes halogenated alkanes) is 1. The molecule has 55 heavy (non-hydrogen) atoms. The van der Waals surface area contributed by atoms with Crippen molar-refractivity contribution in [2.45, 2.75) is 30.8 Å². The maximum absolute atomic E-state index is 13.4. The van der Waals surface area contributed by atoms with Gasteiger partial charge in [0.25, 0.3) is 11.8 Å². The first-order valence-electron chi connectivity index (χ1n) is 17.1. The number of carboxylic acids is 1. The van der Waals surface area contributed by atoms with Crippen LogP contribution in [0.4, 0.5) is 5.82 Å². The van der Waals surface area contributed by atoms with Gasteiger partial charge in [0.15, 0.2) is 0 Å². The molecule has 3 aromatic carbocycles. The van der Waals surface area contributed by atoms with Crippen molar-refractivity contribution in [2.24, 2.45) is 5.11 Å². The first-order chi connectivity index (χ1) is 26.1. The SMILES string of the molecule is CNC(=O)C(CCCCNC(=O)c1ccccc1[PH+](c1ccccc1)c1ccccc1)NC(=O)c1ccc(N=[N-])nc1.O=C(O)CNC(CO)(CO)CO.[Tc]. The molecular weight excluding hydrogens is 811 g/mol. The van der Waals surface area contributed by atoms with Gasteiger partial charge in [-0.2, -0.15) is 0 Å². The average molecular weight is 858 g/mol. The Hall–Kier alpha value is -4.79. The van der Waals surface area contributed by atoms with E-state index >= 15 is 0 Å². The molecule has 0 fully saturated rings. The minimum absolute atomic E-state index is 0. The predicted octanol–water partition coefficient (Wildman–Crippen LogP) is 1.04. The molecule has 293 valence electrons. The first kappa shape index (κ1) is 46.4. The van der Waals surface area contributed by atoms with Crippen molar-refractivity contribution < 1.29 is 59.7 Å². The number of rotatable bonds is 19. The summed E-state index contributed by atoms with van der Waals surface area (Å²) in [6.07, 6.45) is 2.90. The zero-order chi connectivity index (χ0) is 39.3. The number of pyridine rings is 1. The molecule has 0 aliphatic rings. The van der Waals surface area contributed by atoms with Crippen molar-refractivity contribution in [3.05, 3.63) is 120 Å². The van der Waals surface area contributed by atoms with Gasteiger partial charge in [0.1, 0.15) is 27.8 Å². The van der Waals surface area contributed by atoms with E-state index in [9.17, 15) is 19.2 Å². The summed E-state index contributed by atoms with van der Waals surface area (Å²) in [5, 5.41) is 51.5. The molecule has 1 radical (unpaired) electrons. The third kappa shape index (κ3) is 14.4. The summed E-state index contributed by atoms with van der Waals surface area (Å²) in [5.74, 6) is -1.94. The number of hydrogen-bond acceptors (Lipinski definition) is 10. The van der Waals surface area contributed by atoms with Crippen molar-refractivity contribution in [1.29, 1.82) is 0 Å². The molecule has 4 rings (SSSR count). The van der Waals surface area contributed by atoms with Gasteiger partial charge in [-0.1, -0.05) is 48.5 Å². The van der Waals surface area contributed by atoms with Gasteiger partial charge in [-0.3, -0.25) is 24.5 Å². The molecule has 0 saturated heterocycles. The summed E-state index contributed by atoms with van der Waals surface area (Å²) in [4.78, 5) is 52.4. The fourth-order valence-corrected chi connectivity index (χ4v) is 7.94. The number of benzene rings is 3. The predicted molar refractivity (Wildman–Crippen MR) is 207 cm³/mol. The van der Waals surface area contributed by atoms with Crippen LogP contribution in [0.25, 0.3) is 5.53 Å². The fraction of sp³-hybridized carbons (Fsp3) is 0.289. The van der Waals surface area contributed by atoms with Crippen molar-refractivity contribution in [3.63, 3.8) is 0 Å². The van der Waals surface area contributed by atoms with Crippen LogP contribution in [-0.4, -0.2) is 101 Å². The van der Waals surface area contributed by atoms with E-state index in [4.69, 9.17) is 26.0 Å². The second-order valence-electron chi connectivity index (χ2n) is 12.1. The average Bonchev–Trinajstić information content (AvgIpc) is 3.22. The molecule has 0 spiro atoms. The second kappa shape index (κ2) is 24.6. The van der Waals surface area contributed by atoms with Crippen molar-refractivity contribution in [3.8, 4) is 0 Å². The molecule has 1 heterocycles. The number of aliphatic hydroxyl groups excluding tert-OH is 3. The third-order valence-corrected chi connectivity index (χ3v) is 11.1. The van der Waals surface area contributed by atoms with Gasteiger partial charge in [-0.05, 0) is 67.8 Å². The van der Waals surface area contributed by atoms with E-state index in [1.165, 1.54) is 36.0 Å². The van der Waals surface area contributed by atoms with Gasteiger partial charge in [0.2, 0.25) is 5.91 Å². The Morgan fingerprint density at radius 2 is 1.40 bits per heavy atom. The van der Waals surface area contributed by atoms with Crippen molar-refractivity contribution >= 4 is 53.3 Å². The molecule has 0 aliphatic carbocycles. The van der Waals surface area contributed by atoms with E-state index in [1.54, 1.807) is 0 Å². The number of aliphatic hydroxyl groups is 3. The molecule has 0 aliphatic heterocycles. The number of aromatic nitrogens is 1. The molecule has 0 saturated carbocycles. The van der Waals surface area contributed by atoms with Crippen molar-refractivity contribution in [1.82, 2.24) is 26.3 Å². The van der Waals surface area contributed by atoms with E-state index in [0.29, 0.717) is 31.4 Å². The Bertz CT molecular complexity index is 1760. The van der Waals surface area contributed by atoms with Gasteiger partial charge in [-0.25, -0.2) is 4.98 Å². The molecule has 4 aromatic rings. The summed E-state index contributed by atoms with van der Waals surface area (Å²) < 4.78 is 0. The van der Waals surface area contributed by atoms with Crippen LogP contribution in [0, 0.1) is 0 Å². The maximum atomic E-state index is 13.4.